The zero-order valence-electron chi connectivity index (χ0n) is 12.7. The van der Waals surface area contributed by atoms with Gasteiger partial charge in [-0.25, -0.2) is 0 Å². The van der Waals surface area contributed by atoms with Gasteiger partial charge in [-0.15, -0.1) is 0 Å². The lowest BCUT2D eigenvalue weighted by molar-refractivity contribution is 0.434. The van der Waals surface area contributed by atoms with Crippen molar-refractivity contribution >= 4 is 5.69 Å². The van der Waals surface area contributed by atoms with Gasteiger partial charge in [-0.3, -0.25) is 0 Å². The molecule has 2 heteroatoms. The lowest BCUT2D eigenvalue weighted by Gasteiger charge is -2.38. The first-order valence-electron chi connectivity index (χ1n) is 7.77. The topological polar surface area (TPSA) is 15.3 Å². The van der Waals surface area contributed by atoms with Gasteiger partial charge in [0, 0.05) is 24.8 Å². The van der Waals surface area contributed by atoms with E-state index in [1.54, 1.807) is 0 Å². The van der Waals surface area contributed by atoms with Crippen molar-refractivity contribution in [2.24, 2.45) is 0 Å². The monoisotopic (exact) mass is 260 g/mol. The number of benzene rings is 1. The number of hydrogen-bond acceptors (Lipinski definition) is 2. The second kappa shape index (κ2) is 6.95. The zero-order chi connectivity index (χ0) is 13.7. The SMILES string of the molecule is CCCC1CCCCN1c1ccc(CNC)c(C)c1. The first-order valence-corrected chi connectivity index (χ1v) is 7.77. The van der Waals surface area contributed by atoms with E-state index in [0.29, 0.717) is 0 Å². The molecule has 0 aliphatic carbocycles. The van der Waals surface area contributed by atoms with E-state index in [1.165, 1.54) is 55.5 Å². The second-order valence-electron chi connectivity index (χ2n) is 5.77. The van der Waals surface area contributed by atoms with Crippen LogP contribution in [0.5, 0.6) is 0 Å². The van der Waals surface area contributed by atoms with Crippen molar-refractivity contribution in [3.05, 3.63) is 29.3 Å². The number of aryl methyl sites for hydroxylation is 1. The molecule has 0 spiro atoms. The maximum absolute atomic E-state index is 3.24. The fourth-order valence-electron chi connectivity index (χ4n) is 3.22. The van der Waals surface area contributed by atoms with Crippen LogP contribution in [0.3, 0.4) is 0 Å². The maximum atomic E-state index is 3.24. The molecule has 1 unspecified atom stereocenters. The highest BCUT2D eigenvalue weighted by atomic mass is 15.2. The van der Waals surface area contributed by atoms with Gasteiger partial charge in [0.1, 0.15) is 0 Å². The minimum absolute atomic E-state index is 0.758. The van der Waals surface area contributed by atoms with Crippen LogP contribution in [0.1, 0.15) is 50.2 Å². The van der Waals surface area contributed by atoms with E-state index in [0.717, 1.165) is 12.6 Å². The minimum atomic E-state index is 0.758. The van der Waals surface area contributed by atoms with Crippen LogP contribution in [0.15, 0.2) is 18.2 Å². The van der Waals surface area contributed by atoms with Crippen LogP contribution >= 0.6 is 0 Å². The third-order valence-corrected chi connectivity index (χ3v) is 4.27. The molecule has 106 valence electrons. The summed E-state index contributed by atoms with van der Waals surface area (Å²) in [5.74, 6) is 0. The molecule has 1 atom stereocenters. The van der Waals surface area contributed by atoms with Gasteiger partial charge < -0.3 is 10.2 Å². The molecule has 1 aliphatic rings. The third kappa shape index (κ3) is 3.50. The fourth-order valence-corrected chi connectivity index (χ4v) is 3.22. The van der Waals surface area contributed by atoms with Crippen LogP contribution in [-0.2, 0) is 6.54 Å². The predicted molar refractivity (Wildman–Crippen MR) is 83.8 cm³/mol. The summed E-state index contributed by atoms with van der Waals surface area (Å²) in [7, 11) is 2.01. The van der Waals surface area contributed by atoms with Crippen LogP contribution < -0.4 is 10.2 Å². The largest absolute Gasteiger partial charge is 0.369 e. The molecule has 1 N–H and O–H groups in total. The smallest absolute Gasteiger partial charge is 0.0371 e. The summed E-state index contributed by atoms with van der Waals surface area (Å²) in [6.07, 6.45) is 6.73. The van der Waals surface area contributed by atoms with Crippen LogP contribution in [0.25, 0.3) is 0 Å². The summed E-state index contributed by atoms with van der Waals surface area (Å²) >= 11 is 0. The Morgan fingerprint density at radius 2 is 2.16 bits per heavy atom. The molecule has 1 fully saturated rings. The van der Waals surface area contributed by atoms with E-state index in [4.69, 9.17) is 0 Å². The molecule has 0 amide bonds. The molecule has 1 aliphatic heterocycles. The Balaban J connectivity index is 2.17. The molecular weight excluding hydrogens is 232 g/mol. The average Bonchev–Trinajstić information content (AvgIpc) is 2.42. The quantitative estimate of drug-likeness (QED) is 0.864. The number of piperidine rings is 1. The molecule has 0 aromatic heterocycles. The molecule has 1 heterocycles. The van der Waals surface area contributed by atoms with Crippen molar-refractivity contribution in [1.82, 2.24) is 5.32 Å². The van der Waals surface area contributed by atoms with Gasteiger partial charge in [-0.1, -0.05) is 19.4 Å². The molecular formula is C17H28N2. The lowest BCUT2D eigenvalue weighted by Crippen LogP contribution is -2.39. The van der Waals surface area contributed by atoms with E-state index in [2.05, 4.69) is 42.3 Å². The van der Waals surface area contributed by atoms with E-state index >= 15 is 0 Å². The van der Waals surface area contributed by atoms with Gasteiger partial charge >= 0.3 is 0 Å². The van der Waals surface area contributed by atoms with Crippen molar-refractivity contribution < 1.29 is 0 Å². The number of rotatable bonds is 5. The van der Waals surface area contributed by atoms with Crippen molar-refractivity contribution in [2.45, 2.75) is 58.5 Å². The van der Waals surface area contributed by atoms with Gasteiger partial charge in [0.25, 0.3) is 0 Å². The Kier molecular flexibility index (Phi) is 5.26. The Morgan fingerprint density at radius 1 is 1.32 bits per heavy atom. The number of hydrogen-bond donors (Lipinski definition) is 1. The van der Waals surface area contributed by atoms with Gasteiger partial charge in [-0.05, 0) is 62.9 Å². The first kappa shape index (κ1) is 14.4. The second-order valence-corrected chi connectivity index (χ2v) is 5.77. The summed E-state index contributed by atoms with van der Waals surface area (Å²) in [6.45, 7) is 6.73. The molecule has 0 saturated carbocycles. The summed E-state index contributed by atoms with van der Waals surface area (Å²) in [6, 6.07) is 7.74. The van der Waals surface area contributed by atoms with Gasteiger partial charge in [-0.2, -0.15) is 0 Å². The molecule has 19 heavy (non-hydrogen) atoms. The van der Waals surface area contributed by atoms with Crippen LogP contribution in [0, 0.1) is 6.92 Å². The molecule has 1 aromatic carbocycles. The van der Waals surface area contributed by atoms with Crippen molar-refractivity contribution in [1.29, 1.82) is 0 Å². The van der Waals surface area contributed by atoms with Crippen LogP contribution in [0.4, 0.5) is 5.69 Å². The summed E-state index contributed by atoms with van der Waals surface area (Å²) in [5.41, 5.74) is 4.25. The minimum Gasteiger partial charge on any atom is -0.369 e. The van der Waals surface area contributed by atoms with Crippen LogP contribution in [0.2, 0.25) is 0 Å². The molecule has 0 bridgehead atoms. The predicted octanol–water partition coefficient (Wildman–Crippen LogP) is 3.87. The van der Waals surface area contributed by atoms with Crippen molar-refractivity contribution in [2.75, 3.05) is 18.5 Å². The zero-order valence-corrected chi connectivity index (χ0v) is 12.7. The molecule has 2 nitrogen and oxygen atoms in total. The summed E-state index contributed by atoms with van der Waals surface area (Å²) < 4.78 is 0. The highest BCUT2D eigenvalue weighted by Gasteiger charge is 2.21. The molecule has 1 aromatic rings. The summed E-state index contributed by atoms with van der Waals surface area (Å²) in [5, 5.41) is 3.24. The van der Waals surface area contributed by atoms with E-state index < -0.39 is 0 Å². The Labute approximate surface area is 118 Å². The number of nitrogens with zero attached hydrogens (tertiary/aromatic N) is 1. The standard InChI is InChI=1S/C17H28N2/c1-4-7-16-8-5-6-11-19(16)17-10-9-15(13-18-3)14(2)12-17/h9-10,12,16,18H,4-8,11,13H2,1-3H3. The molecule has 2 rings (SSSR count). The number of nitrogens with one attached hydrogen (secondary N) is 1. The fraction of sp³-hybridized carbons (Fsp3) is 0.647. The van der Waals surface area contributed by atoms with Crippen LogP contribution in [-0.4, -0.2) is 19.6 Å². The van der Waals surface area contributed by atoms with Gasteiger partial charge in [0.2, 0.25) is 0 Å². The normalized spacial score (nSPS) is 19.7. The Bertz CT molecular complexity index is 398. The summed E-state index contributed by atoms with van der Waals surface area (Å²) in [4.78, 5) is 2.64. The van der Waals surface area contributed by atoms with Gasteiger partial charge in [0.05, 0.1) is 0 Å². The molecule has 0 radical (unpaired) electrons. The van der Waals surface area contributed by atoms with E-state index in [1.807, 2.05) is 7.05 Å². The van der Waals surface area contributed by atoms with Gasteiger partial charge in [0.15, 0.2) is 0 Å². The Hall–Kier alpha value is -1.02. The lowest BCUT2D eigenvalue weighted by atomic mass is 9.96. The molecule has 1 saturated heterocycles. The average molecular weight is 260 g/mol. The highest BCUT2D eigenvalue weighted by molar-refractivity contribution is 5.52. The third-order valence-electron chi connectivity index (χ3n) is 4.27. The van der Waals surface area contributed by atoms with Crippen molar-refractivity contribution in [3.8, 4) is 0 Å². The van der Waals surface area contributed by atoms with E-state index in [9.17, 15) is 0 Å². The van der Waals surface area contributed by atoms with Crippen molar-refractivity contribution in [3.63, 3.8) is 0 Å². The maximum Gasteiger partial charge on any atom is 0.0371 e. The highest BCUT2D eigenvalue weighted by Crippen LogP contribution is 2.28. The first-order chi connectivity index (χ1) is 9.26. The van der Waals surface area contributed by atoms with E-state index in [-0.39, 0.29) is 0 Å². The Morgan fingerprint density at radius 3 is 2.84 bits per heavy atom. The number of anilines is 1.